The SMILES string of the molecule is O=C(C=Cc1ccc2c(c1)OCO2)Nc1nnc(C2CCCCC2)o1. The minimum atomic E-state index is -0.323. The lowest BCUT2D eigenvalue weighted by molar-refractivity contribution is -0.112. The number of benzene rings is 1. The molecule has 0 saturated heterocycles. The number of fused-ring (bicyclic) bond motifs is 1. The van der Waals surface area contributed by atoms with Crippen LogP contribution in [0.4, 0.5) is 6.01 Å². The first-order chi connectivity index (χ1) is 12.3. The minimum Gasteiger partial charge on any atom is -0.454 e. The van der Waals surface area contributed by atoms with Crippen molar-refractivity contribution in [3.8, 4) is 11.5 Å². The summed E-state index contributed by atoms with van der Waals surface area (Å²) >= 11 is 0. The van der Waals surface area contributed by atoms with Crippen LogP contribution in [0.1, 0.15) is 49.5 Å². The summed E-state index contributed by atoms with van der Waals surface area (Å²) in [5, 5.41) is 10.6. The van der Waals surface area contributed by atoms with Gasteiger partial charge in [-0.15, -0.1) is 5.10 Å². The highest BCUT2D eigenvalue weighted by atomic mass is 16.7. The molecule has 1 saturated carbocycles. The van der Waals surface area contributed by atoms with Gasteiger partial charge in [-0.3, -0.25) is 10.1 Å². The van der Waals surface area contributed by atoms with Crippen LogP contribution in [0.25, 0.3) is 6.08 Å². The second-order valence-corrected chi connectivity index (χ2v) is 6.22. The van der Waals surface area contributed by atoms with Crippen molar-refractivity contribution >= 4 is 18.0 Å². The van der Waals surface area contributed by atoms with Gasteiger partial charge >= 0.3 is 6.01 Å². The molecule has 2 aliphatic rings. The van der Waals surface area contributed by atoms with Crippen molar-refractivity contribution in [2.45, 2.75) is 38.0 Å². The Bertz CT molecular complexity index is 793. The zero-order valence-corrected chi connectivity index (χ0v) is 13.7. The first-order valence-corrected chi connectivity index (χ1v) is 8.50. The van der Waals surface area contributed by atoms with E-state index < -0.39 is 0 Å². The molecule has 2 heterocycles. The van der Waals surface area contributed by atoms with Crippen LogP contribution >= 0.6 is 0 Å². The quantitative estimate of drug-likeness (QED) is 0.857. The van der Waals surface area contributed by atoms with Gasteiger partial charge in [0.15, 0.2) is 11.5 Å². The van der Waals surface area contributed by atoms with E-state index in [0.717, 1.165) is 18.4 Å². The normalized spacial score (nSPS) is 17.1. The zero-order valence-electron chi connectivity index (χ0n) is 13.7. The summed E-state index contributed by atoms with van der Waals surface area (Å²) in [6.45, 7) is 0.226. The Morgan fingerprint density at radius 2 is 1.96 bits per heavy atom. The number of nitrogens with zero attached hydrogens (tertiary/aromatic N) is 2. The number of amides is 1. The van der Waals surface area contributed by atoms with Gasteiger partial charge in [-0.2, -0.15) is 0 Å². The number of nitrogens with one attached hydrogen (secondary N) is 1. The number of aromatic nitrogens is 2. The monoisotopic (exact) mass is 341 g/mol. The molecule has 4 rings (SSSR count). The molecular formula is C18H19N3O4. The van der Waals surface area contributed by atoms with Gasteiger partial charge in [-0.05, 0) is 36.6 Å². The lowest BCUT2D eigenvalue weighted by atomic mass is 9.89. The highest BCUT2D eigenvalue weighted by molar-refractivity contribution is 6.00. The number of rotatable bonds is 4. The lowest BCUT2D eigenvalue weighted by Crippen LogP contribution is -2.08. The molecule has 7 nitrogen and oxygen atoms in total. The van der Waals surface area contributed by atoms with Crippen LogP contribution in [0, 0.1) is 0 Å². The zero-order chi connectivity index (χ0) is 17.1. The van der Waals surface area contributed by atoms with Gasteiger partial charge in [0.25, 0.3) is 5.91 Å². The van der Waals surface area contributed by atoms with Crippen molar-refractivity contribution in [2.24, 2.45) is 0 Å². The van der Waals surface area contributed by atoms with E-state index in [0.29, 0.717) is 23.3 Å². The number of ether oxygens (including phenoxy) is 2. The lowest BCUT2D eigenvalue weighted by Gasteiger charge is -2.17. The van der Waals surface area contributed by atoms with Gasteiger partial charge in [0.05, 0.1) is 0 Å². The first-order valence-electron chi connectivity index (χ1n) is 8.50. The molecule has 0 unspecified atom stereocenters. The summed E-state index contributed by atoms with van der Waals surface area (Å²) < 4.78 is 16.2. The van der Waals surface area contributed by atoms with Gasteiger partial charge in [0, 0.05) is 12.0 Å². The van der Waals surface area contributed by atoms with Crippen LogP contribution in [0.15, 0.2) is 28.7 Å². The number of carbonyl (C=O) groups is 1. The molecule has 1 fully saturated rings. The summed E-state index contributed by atoms with van der Waals surface area (Å²) in [6, 6.07) is 5.63. The standard InChI is InChI=1S/C18H19N3O4/c22-16(9-7-12-6-8-14-15(10-12)24-11-23-14)19-18-21-20-17(25-18)13-4-2-1-3-5-13/h6-10,13H,1-5,11H2,(H,19,21,22). The molecule has 1 aromatic heterocycles. The third kappa shape index (κ3) is 3.65. The number of anilines is 1. The van der Waals surface area contributed by atoms with Crippen LogP contribution < -0.4 is 14.8 Å². The maximum atomic E-state index is 12.0. The van der Waals surface area contributed by atoms with E-state index in [9.17, 15) is 4.79 Å². The Morgan fingerprint density at radius 3 is 2.84 bits per heavy atom. The average molecular weight is 341 g/mol. The largest absolute Gasteiger partial charge is 0.454 e. The van der Waals surface area contributed by atoms with Gasteiger partial charge in [0.2, 0.25) is 12.7 Å². The predicted molar refractivity (Wildman–Crippen MR) is 90.4 cm³/mol. The second-order valence-electron chi connectivity index (χ2n) is 6.22. The summed E-state index contributed by atoms with van der Waals surface area (Å²) in [4.78, 5) is 12.0. The number of carbonyl (C=O) groups excluding carboxylic acids is 1. The Kier molecular flexibility index (Phi) is 4.37. The molecular weight excluding hydrogens is 322 g/mol. The third-order valence-corrected chi connectivity index (χ3v) is 4.45. The van der Waals surface area contributed by atoms with Crippen LogP contribution in [0.5, 0.6) is 11.5 Å². The van der Waals surface area contributed by atoms with Crippen molar-refractivity contribution < 1.29 is 18.7 Å². The first kappa shape index (κ1) is 15.7. The van der Waals surface area contributed by atoms with Crippen LogP contribution in [-0.4, -0.2) is 22.9 Å². The highest BCUT2D eigenvalue weighted by Gasteiger charge is 2.21. The molecule has 1 amide bonds. The van der Waals surface area contributed by atoms with Crippen LogP contribution in [0.2, 0.25) is 0 Å². The molecule has 0 bridgehead atoms. The highest BCUT2D eigenvalue weighted by Crippen LogP contribution is 2.33. The summed E-state index contributed by atoms with van der Waals surface area (Å²) in [5.74, 6) is 2.00. The van der Waals surface area contributed by atoms with Crippen LogP contribution in [-0.2, 0) is 4.79 Å². The molecule has 0 spiro atoms. The molecule has 130 valence electrons. The summed E-state index contributed by atoms with van der Waals surface area (Å²) in [6.07, 6.45) is 8.88. The molecule has 0 radical (unpaired) electrons. The maximum absolute atomic E-state index is 12.0. The van der Waals surface area contributed by atoms with E-state index in [2.05, 4.69) is 15.5 Å². The topological polar surface area (TPSA) is 86.5 Å². The van der Waals surface area contributed by atoms with E-state index >= 15 is 0 Å². The fourth-order valence-electron chi connectivity index (χ4n) is 3.14. The van der Waals surface area contributed by atoms with E-state index in [1.165, 1.54) is 25.3 Å². The summed E-state index contributed by atoms with van der Waals surface area (Å²) in [5.41, 5.74) is 0.841. The molecule has 1 aliphatic heterocycles. The van der Waals surface area contributed by atoms with Gasteiger partial charge in [-0.1, -0.05) is 30.4 Å². The molecule has 7 heteroatoms. The van der Waals surface area contributed by atoms with Crippen molar-refractivity contribution in [1.29, 1.82) is 0 Å². The van der Waals surface area contributed by atoms with Crippen molar-refractivity contribution in [3.63, 3.8) is 0 Å². The Balaban J connectivity index is 1.36. The fourth-order valence-corrected chi connectivity index (χ4v) is 3.14. The molecule has 1 aromatic carbocycles. The summed E-state index contributed by atoms with van der Waals surface area (Å²) in [7, 11) is 0. The third-order valence-electron chi connectivity index (χ3n) is 4.45. The number of hydrogen-bond donors (Lipinski definition) is 1. The fraction of sp³-hybridized carbons (Fsp3) is 0.389. The Morgan fingerprint density at radius 1 is 1.12 bits per heavy atom. The van der Waals surface area contributed by atoms with Gasteiger partial charge in [0.1, 0.15) is 0 Å². The van der Waals surface area contributed by atoms with E-state index in [1.54, 1.807) is 6.08 Å². The van der Waals surface area contributed by atoms with Crippen molar-refractivity contribution in [2.75, 3.05) is 12.1 Å². The predicted octanol–water partition coefficient (Wildman–Crippen LogP) is 3.50. The molecule has 1 aliphatic carbocycles. The van der Waals surface area contributed by atoms with Gasteiger partial charge < -0.3 is 13.9 Å². The van der Waals surface area contributed by atoms with E-state index in [-0.39, 0.29) is 18.7 Å². The Hall–Kier alpha value is -2.83. The van der Waals surface area contributed by atoms with Crippen molar-refractivity contribution in [1.82, 2.24) is 10.2 Å². The molecule has 0 atom stereocenters. The number of hydrogen-bond acceptors (Lipinski definition) is 6. The minimum absolute atomic E-state index is 0.140. The Labute approximate surface area is 145 Å². The van der Waals surface area contributed by atoms with Crippen molar-refractivity contribution in [3.05, 3.63) is 35.7 Å². The molecule has 25 heavy (non-hydrogen) atoms. The average Bonchev–Trinajstić information content (AvgIpc) is 3.29. The molecule has 2 aromatic rings. The maximum Gasteiger partial charge on any atom is 0.322 e. The van der Waals surface area contributed by atoms with E-state index in [4.69, 9.17) is 13.9 Å². The van der Waals surface area contributed by atoms with E-state index in [1.807, 2.05) is 18.2 Å². The van der Waals surface area contributed by atoms with Crippen LogP contribution in [0.3, 0.4) is 0 Å². The second kappa shape index (κ2) is 6.96. The van der Waals surface area contributed by atoms with Gasteiger partial charge in [-0.25, -0.2) is 0 Å². The molecule has 1 N–H and O–H groups in total. The smallest absolute Gasteiger partial charge is 0.322 e.